The zero-order chi connectivity index (χ0) is 24.8. The minimum atomic E-state index is -1.72. The number of nitrogens with zero attached hydrogens (tertiary/aromatic N) is 1. The van der Waals surface area contributed by atoms with E-state index in [0.717, 1.165) is 17.3 Å². The Morgan fingerprint density at radius 3 is 1.94 bits per heavy atom. The van der Waals surface area contributed by atoms with E-state index >= 15 is 0 Å². The van der Waals surface area contributed by atoms with E-state index in [1.165, 1.54) is 34.8 Å². The number of epoxide rings is 1. The van der Waals surface area contributed by atoms with Crippen LogP contribution in [0.25, 0.3) is 0 Å². The number of quaternary nitrogens is 1. The number of rotatable bonds is 5. The number of aromatic carboxylic acids is 1. The first-order chi connectivity index (χ1) is 16.7. The molecule has 0 radical (unpaired) electrons. The summed E-state index contributed by atoms with van der Waals surface area (Å²) in [6.45, 7) is 0. The van der Waals surface area contributed by atoms with Gasteiger partial charge in [-0.1, -0.05) is 42.5 Å². The van der Waals surface area contributed by atoms with Gasteiger partial charge in [-0.25, -0.2) is 4.79 Å². The minimum Gasteiger partial charge on any atom is -0.545 e. The molecule has 35 heavy (non-hydrogen) atoms. The average Bonchev–Trinajstić information content (AvgIpc) is 3.19. The van der Waals surface area contributed by atoms with Crippen LogP contribution in [-0.2, 0) is 19.9 Å². The topological polar surface area (TPSA) is 99.2 Å². The van der Waals surface area contributed by atoms with Crippen LogP contribution in [0.2, 0.25) is 0 Å². The summed E-state index contributed by atoms with van der Waals surface area (Å²) >= 11 is 2.74. The highest BCUT2D eigenvalue weighted by atomic mass is 32.1. The summed E-state index contributed by atoms with van der Waals surface area (Å²) < 4.78 is 12.6. The van der Waals surface area contributed by atoms with Gasteiger partial charge in [0.15, 0.2) is 0 Å². The van der Waals surface area contributed by atoms with Gasteiger partial charge in [0.2, 0.25) is 5.60 Å². The number of carbonyl (C=O) groups excluding carboxylic acids is 2. The Morgan fingerprint density at radius 2 is 1.51 bits per heavy atom. The lowest BCUT2D eigenvalue weighted by atomic mass is 9.95. The molecule has 0 spiro atoms. The lowest BCUT2D eigenvalue weighted by molar-refractivity contribution is -0.938. The molecule has 0 aliphatic carbocycles. The number of ether oxygens (including phenoxy) is 2. The molecule has 3 aliphatic rings. The third-order valence-corrected chi connectivity index (χ3v) is 9.33. The third-order valence-electron chi connectivity index (χ3n) is 7.37. The number of morpholine rings is 1. The first-order valence-corrected chi connectivity index (χ1v) is 13.3. The molecule has 1 N–H and O–H groups in total. The van der Waals surface area contributed by atoms with E-state index in [0.29, 0.717) is 34.0 Å². The van der Waals surface area contributed by atoms with E-state index in [4.69, 9.17) is 9.47 Å². The summed E-state index contributed by atoms with van der Waals surface area (Å²) in [5.41, 5.74) is -1.50. The first kappa shape index (κ1) is 24.1. The minimum absolute atomic E-state index is 0.161. The molecule has 9 heteroatoms. The zero-order valence-electron chi connectivity index (χ0n) is 19.4. The summed E-state index contributed by atoms with van der Waals surface area (Å²) in [5, 5.41) is 25.2. The molecule has 2 aromatic heterocycles. The van der Waals surface area contributed by atoms with Gasteiger partial charge < -0.3 is 29.0 Å². The molecule has 1 unspecified atom stereocenters. The van der Waals surface area contributed by atoms with Gasteiger partial charge in [0.25, 0.3) is 0 Å². The van der Waals surface area contributed by atoms with Gasteiger partial charge in [0, 0.05) is 12.8 Å². The number of likely N-dealkylation sites (N-methyl/N-ethyl adjacent to an activating group) is 1. The van der Waals surface area contributed by atoms with Crippen LogP contribution in [0.5, 0.6) is 0 Å². The standard InChI is InChI=1S/C19H22NO4S2.C7H6O2/c1-20(2)12-9-11(10-13(20)17-16(12)24-17)23-18(21)19(22,14-5-3-7-25-14)15-6-4-8-26-15;8-7(9)6-4-2-1-3-5-6/h3-8,11-13,16-17,22H,9-10H2,1-2H3;1-5H,(H,8,9)/q+1;/p-1/t11?,12-,13-,16-,17+;/m0./s1. The second kappa shape index (κ2) is 9.15. The van der Waals surface area contributed by atoms with Crippen molar-refractivity contribution < 1.29 is 33.8 Å². The highest BCUT2D eigenvalue weighted by Gasteiger charge is 2.71. The molecular formula is C26H27NO6S2. The maximum absolute atomic E-state index is 13.1. The Hall–Kier alpha value is -2.56. The van der Waals surface area contributed by atoms with Gasteiger partial charge in [-0.05, 0) is 28.5 Å². The highest BCUT2D eigenvalue weighted by molar-refractivity contribution is 7.12. The SMILES string of the molecule is C[N+]1(C)[C@H]2CC(OC(=O)C(O)(c3cccs3)c3cccs3)C[C@H]1[C@H]1O[C@H]12.O=C([O-])c1ccccc1. The number of fused-ring (bicyclic) bond motifs is 5. The van der Waals surface area contributed by atoms with E-state index in [9.17, 15) is 19.8 Å². The number of hydrogen-bond acceptors (Lipinski definition) is 8. The summed E-state index contributed by atoms with van der Waals surface area (Å²) in [6.07, 6.45) is 2.05. The number of carboxylic acids is 1. The monoisotopic (exact) mass is 513 g/mol. The number of hydrogen-bond donors (Lipinski definition) is 1. The van der Waals surface area contributed by atoms with Gasteiger partial charge in [-0.2, -0.15) is 0 Å². The second-order valence-corrected chi connectivity index (χ2v) is 11.5. The van der Waals surface area contributed by atoms with Crippen LogP contribution in [0.4, 0.5) is 0 Å². The number of aliphatic hydroxyl groups is 1. The second-order valence-electron chi connectivity index (χ2n) is 9.65. The van der Waals surface area contributed by atoms with E-state index in [-0.39, 0.29) is 11.7 Å². The molecule has 3 saturated heterocycles. The first-order valence-electron chi connectivity index (χ1n) is 11.5. The number of carbonyl (C=O) groups is 2. The molecule has 7 nitrogen and oxygen atoms in total. The Bertz CT molecular complexity index is 1120. The van der Waals surface area contributed by atoms with E-state index in [1.807, 2.05) is 22.9 Å². The quantitative estimate of drug-likeness (QED) is 0.320. The largest absolute Gasteiger partial charge is 0.545 e. The summed E-state index contributed by atoms with van der Waals surface area (Å²) in [4.78, 5) is 24.4. The van der Waals surface area contributed by atoms with Crippen molar-refractivity contribution in [1.82, 2.24) is 0 Å². The third kappa shape index (κ3) is 4.32. The van der Waals surface area contributed by atoms with Crippen LogP contribution in [0.3, 0.4) is 0 Å². The molecule has 1 aromatic carbocycles. The lowest BCUT2D eigenvalue weighted by Gasteiger charge is -2.45. The van der Waals surface area contributed by atoms with E-state index in [2.05, 4.69) is 14.1 Å². The molecule has 3 aliphatic heterocycles. The maximum Gasteiger partial charge on any atom is 0.349 e. The Balaban J connectivity index is 0.000000239. The van der Waals surface area contributed by atoms with Crippen LogP contribution in [0.1, 0.15) is 33.0 Å². The van der Waals surface area contributed by atoms with Crippen molar-refractivity contribution in [3.8, 4) is 0 Å². The summed E-state index contributed by atoms with van der Waals surface area (Å²) in [7, 11) is 4.49. The molecule has 0 amide bonds. The van der Waals surface area contributed by atoms with Crippen LogP contribution < -0.4 is 5.11 Å². The normalized spacial score (nSPS) is 27.8. The van der Waals surface area contributed by atoms with Crippen LogP contribution >= 0.6 is 22.7 Å². The molecule has 0 saturated carbocycles. The van der Waals surface area contributed by atoms with Crippen molar-refractivity contribution >= 4 is 34.6 Å². The van der Waals surface area contributed by atoms with Crippen LogP contribution in [0, 0.1) is 0 Å². The number of carboxylic acid groups (broad SMARTS) is 1. The fourth-order valence-electron chi connectivity index (χ4n) is 5.40. The van der Waals surface area contributed by atoms with Crippen molar-refractivity contribution in [1.29, 1.82) is 0 Å². The van der Waals surface area contributed by atoms with Crippen molar-refractivity contribution in [2.45, 2.75) is 48.8 Å². The van der Waals surface area contributed by atoms with Gasteiger partial charge >= 0.3 is 5.97 Å². The Kier molecular flexibility index (Phi) is 6.31. The molecule has 184 valence electrons. The molecule has 3 fully saturated rings. The zero-order valence-corrected chi connectivity index (χ0v) is 21.0. The van der Waals surface area contributed by atoms with Gasteiger partial charge in [0.1, 0.15) is 30.4 Å². The van der Waals surface area contributed by atoms with Gasteiger partial charge in [-0.3, -0.25) is 0 Å². The molecule has 5 heterocycles. The van der Waals surface area contributed by atoms with Crippen molar-refractivity contribution in [2.24, 2.45) is 0 Å². The summed E-state index contributed by atoms with van der Waals surface area (Å²) in [5.74, 6) is -1.69. The van der Waals surface area contributed by atoms with Crippen LogP contribution in [-0.4, -0.2) is 66.0 Å². The fourth-order valence-corrected chi connectivity index (χ4v) is 7.12. The fraction of sp³-hybridized carbons (Fsp3) is 0.385. The van der Waals surface area contributed by atoms with Gasteiger partial charge in [0.05, 0.1) is 29.8 Å². The highest BCUT2D eigenvalue weighted by Crippen LogP contribution is 2.52. The molecular weight excluding hydrogens is 486 g/mol. The van der Waals surface area contributed by atoms with Crippen molar-refractivity contribution in [3.63, 3.8) is 0 Å². The average molecular weight is 514 g/mol. The smallest absolute Gasteiger partial charge is 0.349 e. The van der Waals surface area contributed by atoms with E-state index < -0.39 is 17.5 Å². The predicted octanol–water partition coefficient (Wildman–Crippen LogP) is 2.40. The molecule has 2 bridgehead atoms. The number of benzene rings is 1. The number of piperidine rings is 1. The maximum atomic E-state index is 13.1. The Morgan fingerprint density at radius 1 is 0.971 bits per heavy atom. The molecule has 3 aromatic rings. The number of esters is 1. The molecule has 5 atom stereocenters. The Labute approximate surface area is 211 Å². The van der Waals surface area contributed by atoms with Gasteiger partial charge in [-0.15, -0.1) is 22.7 Å². The number of thiophene rings is 2. The van der Waals surface area contributed by atoms with Crippen molar-refractivity contribution in [2.75, 3.05) is 14.1 Å². The lowest BCUT2D eigenvalue weighted by Crippen LogP contribution is -2.60. The van der Waals surface area contributed by atoms with E-state index in [1.54, 1.807) is 30.3 Å². The van der Waals surface area contributed by atoms with Crippen molar-refractivity contribution in [3.05, 3.63) is 80.7 Å². The van der Waals surface area contributed by atoms with Crippen LogP contribution in [0.15, 0.2) is 65.4 Å². The molecule has 6 rings (SSSR count). The summed E-state index contributed by atoms with van der Waals surface area (Å²) in [6, 6.07) is 16.1. The predicted molar refractivity (Wildman–Crippen MR) is 130 cm³/mol.